The molecule has 0 aliphatic carbocycles. The number of amides is 1. The van der Waals surface area contributed by atoms with Crippen LogP contribution in [0.5, 0.6) is 0 Å². The molecule has 2 fully saturated rings. The van der Waals surface area contributed by atoms with Crippen molar-refractivity contribution >= 4 is 11.6 Å². The highest BCUT2D eigenvalue weighted by Crippen LogP contribution is 2.41. The Hall–Kier alpha value is -2.34. The SMILES string of the molecule is O=C1N(c2cncnc2)CCC12CCCN(Cc1cccnc1)C2. The standard InChI is InChI=1S/C18H21N5O/c24-17-18(5-8-23(17)16-10-20-14-21-11-16)4-2-7-22(13-18)12-15-3-1-6-19-9-15/h1,3,6,9-11,14H,2,4-5,7-8,12-13H2. The van der Waals surface area contributed by atoms with Gasteiger partial charge in [0, 0.05) is 32.0 Å². The molecule has 6 nitrogen and oxygen atoms in total. The molecule has 1 amide bonds. The number of nitrogens with zero attached hydrogens (tertiary/aromatic N) is 5. The van der Waals surface area contributed by atoms with Gasteiger partial charge < -0.3 is 4.90 Å². The number of rotatable bonds is 3. The minimum Gasteiger partial charge on any atom is -0.309 e. The average Bonchev–Trinajstić information content (AvgIpc) is 2.93. The fraction of sp³-hybridized carbons (Fsp3) is 0.444. The summed E-state index contributed by atoms with van der Waals surface area (Å²) in [6.45, 7) is 3.48. The first-order valence-electron chi connectivity index (χ1n) is 8.45. The number of anilines is 1. The second-order valence-corrected chi connectivity index (χ2v) is 6.76. The molecule has 4 heterocycles. The summed E-state index contributed by atoms with van der Waals surface area (Å²) >= 11 is 0. The molecular weight excluding hydrogens is 302 g/mol. The lowest BCUT2D eigenvalue weighted by Crippen LogP contribution is -2.47. The quantitative estimate of drug-likeness (QED) is 0.863. The summed E-state index contributed by atoms with van der Waals surface area (Å²) in [7, 11) is 0. The molecule has 2 aliphatic rings. The number of carbonyl (C=O) groups excluding carboxylic acids is 1. The lowest BCUT2D eigenvalue weighted by Gasteiger charge is -2.39. The Bertz CT molecular complexity index is 708. The number of hydrogen-bond donors (Lipinski definition) is 0. The van der Waals surface area contributed by atoms with Crippen LogP contribution in [0.1, 0.15) is 24.8 Å². The molecule has 1 spiro atoms. The van der Waals surface area contributed by atoms with Crippen molar-refractivity contribution in [3.63, 3.8) is 0 Å². The monoisotopic (exact) mass is 323 g/mol. The van der Waals surface area contributed by atoms with Gasteiger partial charge in [-0.25, -0.2) is 9.97 Å². The summed E-state index contributed by atoms with van der Waals surface area (Å²) in [6.07, 6.45) is 11.6. The third-order valence-electron chi connectivity index (χ3n) is 5.16. The Morgan fingerprint density at radius 1 is 1.08 bits per heavy atom. The van der Waals surface area contributed by atoms with E-state index in [1.54, 1.807) is 18.6 Å². The highest BCUT2D eigenvalue weighted by molar-refractivity contribution is 5.99. The van der Waals surface area contributed by atoms with E-state index in [4.69, 9.17) is 0 Å². The molecule has 4 rings (SSSR count). The molecule has 124 valence electrons. The van der Waals surface area contributed by atoms with Crippen LogP contribution in [-0.2, 0) is 11.3 Å². The Labute approximate surface area is 141 Å². The predicted molar refractivity (Wildman–Crippen MR) is 90.2 cm³/mol. The van der Waals surface area contributed by atoms with E-state index in [1.165, 1.54) is 11.9 Å². The summed E-state index contributed by atoms with van der Waals surface area (Å²) in [5.41, 5.74) is 1.76. The van der Waals surface area contributed by atoms with Gasteiger partial charge in [0.25, 0.3) is 0 Å². The van der Waals surface area contributed by atoms with Crippen LogP contribution < -0.4 is 4.90 Å². The number of hydrogen-bond acceptors (Lipinski definition) is 5. The molecule has 2 aromatic heterocycles. The summed E-state index contributed by atoms with van der Waals surface area (Å²) in [4.78, 5) is 29.6. The van der Waals surface area contributed by atoms with E-state index in [9.17, 15) is 4.79 Å². The van der Waals surface area contributed by atoms with Gasteiger partial charge in [-0.1, -0.05) is 6.07 Å². The Morgan fingerprint density at radius 3 is 2.75 bits per heavy atom. The molecule has 0 N–H and O–H groups in total. The summed E-state index contributed by atoms with van der Waals surface area (Å²) in [6, 6.07) is 4.06. The summed E-state index contributed by atoms with van der Waals surface area (Å²) < 4.78 is 0. The molecule has 24 heavy (non-hydrogen) atoms. The maximum Gasteiger partial charge on any atom is 0.234 e. The molecule has 0 bridgehead atoms. The maximum absolute atomic E-state index is 13.1. The number of carbonyl (C=O) groups is 1. The molecule has 0 aromatic carbocycles. The van der Waals surface area contributed by atoms with Crippen molar-refractivity contribution in [2.45, 2.75) is 25.8 Å². The average molecular weight is 323 g/mol. The van der Waals surface area contributed by atoms with E-state index < -0.39 is 0 Å². The van der Waals surface area contributed by atoms with Crippen molar-refractivity contribution in [1.82, 2.24) is 19.9 Å². The Balaban J connectivity index is 1.50. The van der Waals surface area contributed by atoms with Gasteiger partial charge in [0.05, 0.1) is 23.5 Å². The van der Waals surface area contributed by atoms with Gasteiger partial charge in [0.1, 0.15) is 6.33 Å². The van der Waals surface area contributed by atoms with Crippen LogP contribution in [0.4, 0.5) is 5.69 Å². The predicted octanol–water partition coefficient (Wildman–Crippen LogP) is 1.89. The van der Waals surface area contributed by atoms with Crippen molar-refractivity contribution in [1.29, 1.82) is 0 Å². The van der Waals surface area contributed by atoms with Crippen molar-refractivity contribution in [3.05, 3.63) is 48.8 Å². The van der Waals surface area contributed by atoms with Crippen molar-refractivity contribution in [2.24, 2.45) is 5.41 Å². The van der Waals surface area contributed by atoms with E-state index in [-0.39, 0.29) is 11.3 Å². The zero-order valence-corrected chi connectivity index (χ0v) is 13.6. The summed E-state index contributed by atoms with van der Waals surface area (Å²) in [5, 5.41) is 0. The first-order valence-corrected chi connectivity index (χ1v) is 8.45. The molecular formula is C18H21N5O. The highest BCUT2D eigenvalue weighted by atomic mass is 16.2. The zero-order valence-electron chi connectivity index (χ0n) is 13.6. The largest absolute Gasteiger partial charge is 0.309 e. The van der Waals surface area contributed by atoms with Crippen LogP contribution in [0.3, 0.4) is 0 Å². The van der Waals surface area contributed by atoms with Crippen molar-refractivity contribution < 1.29 is 4.79 Å². The van der Waals surface area contributed by atoms with E-state index in [0.717, 1.165) is 51.1 Å². The second kappa shape index (κ2) is 6.28. The van der Waals surface area contributed by atoms with Crippen LogP contribution in [0.25, 0.3) is 0 Å². The highest BCUT2D eigenvalue weighted by Gasteiger charge is 2.49. The number of likely N-dealkylation sites (tertiary alicyclic amines) is 1. The molecule has 0 saturated carbocycles. The summed E-state index contributed by atoms with van der Waals surface area (Å²) in [5.74, 6) is 0.230. The van der Waals surface area contributed by atoms with Gasteiger partial charge in [0.15, 0.2) is 0 Å². The van der Waals surface area contributed by atoms with Gasteiger partial charge in [-0.2, -0.15) is 0 Å². The first-order chi connectivity index (χ1) is 11.8. The molecule has 2 aromatic rings. The van der Waals surface area contributed by atoms with Gasteiger partial charge in [-0.3, -0.25) is 14.7 Å². The second-order valence-electron chi connectivity index (χ2n) is 6.76. The number of piperidine rings is 1. The third kappa shape index (κ3) is 2.78. The van der Waals surface area contributed by atoms with Gasteiger partial charge in [-0.05, 0) is 37.4 Å². The van der Waals surface area contributed by atoms with Crippen LogP contribution in [-0.4, -0.2) is 45.4 Å². The topological polar surface area (TPSA) is 62.2 Å². The number of pyridine rings is 1. The van der Waals surface area contributed by atoms with Crippen LogP contribution in [0.2, 0.25) is 0 Å². The maximum atomic E-state index is 13.1. The third-order valence-corrected chi connectivity index (χ3v) is 5.16. The fourth-order valence-electron chi connectivity index (χ4n) is 3.99. The van der Waals surface area contributed by atoms with Crippen LogP contribution >= 0.6 is 0 Å². The van der Waals surface area contributed by atoms with Gasteiger partial charge >= 0.3 is 0 Å². The van der Waals surface area contributed by atoms with Crippen molar-refractivity contribution in [2.75, 3.05) is 24.5 Å². The van der Waals surface area contributed by atoms with E-state index in [0.29, 0.717) is 0 Å². The minimum atomic E-state index is -0.254. The molecule has 2 aliphatic heterocycles. The zero-order chi connectivity index (χ0) is 16.4. The first kappa shape index (κ1) is 15.2. The molecule has 1 atom stereocenters. The van der Waals surface area contributed by atoms with Gasteiger partial charge in [-0.15, -0.1) is 0 Å². The Kier molecular flexibility index (Phi) is 3.98. The molecule has 6 heteroatoms. The van der Waals surface area contributed by atoms with E-state index in [1.807, 2.05) is 17.2 Å². The smallest absolute Gasteiger partial charge is 0.234 e. The van der Waals surface area contributed by atoms with E-state index in [2.05, 4.69) is 25.9 Å². The lowest BCUT2D eigenvalue weighted by atomic mass is 9.78. The van der Waals surface area contributed by atoms with Crippen molar-refractivity contribution in [3.8, 4) is 0 Å². The number of aromatic nitrogens is 3. The van der Waals surface area contributed by atoms with E-state index >= 15 is 0 Å². The Morgan fingerprint density at radius 2 is 1.96 bits per heavy atom. The van der Waals surface area contributed by atoms with Crippen LogP contribution in [0, 0.1) is 5.41 Å². The minimum absolute atomic E-state index is 0.230. The van der Waals surface area contributed by atoms with Crippen LogP contribution in [0.15, 0.2) is 43.2 Å². The van der Waals surface area contributed by atoms with Gasteiger partial charge in [0.2, 0.25) is 5.91 Å². The molecule has 2 saturated heterocycles. The molecule has 1 unspecified atom stereocenters. The normalized spacial score (nSPS) is 24.7. The lowest BCUT2D eigenvalue weighted by molar-refractivity contribution is -0.128. The molecule has 0 radical (unpaired) electrons. The fourth-order valence-corrected chi connectivity index (χ4v) is 3.99.